The lowest BCUT2D eigenvalue weighted by Gasteiger charge is -2.17. The number of carbonyl (C=O) groups is 3. The van der Waals surface area contributed by atoms with Crippen molar-refractivity contribution in [3.8, 4) is 6.07 Å². The lowest BCUT2D eigenvalue weighted by atomic mass is 9.85. The van der Waals surface area contributed by atoms with E-state index in [0.717, 1.165) is 17.4 Å². The average Bonchev–Trinajstić information content (AvgIpc) is 3.30. The standard InChI is InChI=1S/C19H16FN3O3/c20-14-5-10(7-21)1-2-13(14)8-22-15(24)9-23-18(25)16-11-3-4-12(6-11)17(16)19(23)26/h1-5,11-12,16-17H,6,8-9H2,(H,22,24)/t11-,12-,16-,17-/m0/s1. The second-order valence-corrected chi connectivity index (χ2v) is 6.96. The third kappa shape index (κ3) is 2.49. The zero-order chi connectivity index (χ0) is 18.4. The number of hydrogen-bond donors (Lipinski definition) is 1. The Kier molecular flexibility index (Phi) is 3.83. The summed E-state index contributed by atoms with van der Waals surface area (Å²) >= 11 is 0. The maximum absolute atomic E-state index is 13.8. The number of carbonyl (C=O) groups excluding carboxylic acids is 3. The summed E-state index contributed by atoms with van der Waals surface area (Å²) in [5.41, 5.74) is 0.427. The summed E-state index contributed by atoms with van der Waals surface area (Å²) in [4.78, 5) is 38.2. The summed E-state index contributed by atoms with van der Waals surface area (Å²) in [5.74, 6) is -2.13. The molecule has 4 atom stereocenters. The molecule has 1 heterocycles. The minimum Gasteiger partial charge on any atom is -0.350 e. The second-order valence-electron chi connectivity index (χ2n) is 6.96. The fourth-order valence-corrected chi connectivity index (χ4v) is 4.27. The number of benzene rings is 1. The van der Waals surface area contributed by atoms with E-state index in [1.807, 2.05) is 18.2 Å². The fourth-order valence-electron chi connectivity index (χ4n) is 4.27. The molecular formula is C19H16FN3O3. The zero-order valence-corrected chi connectivity index (χ0v) is 13.8. The first kappa shape index (κ1) is 16.5. The van der Waals surface area contributed by atoms with Gasteiger partial charge in [-0.3, -0.25) is 19.3 Å². The lowest BCUT2D eigenvalue weighted by molar-refractivity contribution is -0.144. The number of allylic oxidation sites excluding steroid dienone is 2. The fraction of sp³-hybridized carbons (Fsp3) is 0.368. The van der Waals surface area contributed by atoms with Crippen molar-refractivity contribution in [3.05, 3.63) is 47.3 Å². The number of nitriles is 1. The Morgan fingerprint density at radius 1 is 1.23 bits per heavy atom. The molecule has 7 heteroatoms. The highest BCUT2D eigenvalue weighted by Gasteiger charge is 2.59. The molecule has 2 bridgehead atoms. The molecule has 4 rings (SSSR count). The van der Waals surface area contributed by atoms with E-state index < -0.39 is 11.7 Å². The molecule has 1 aromatic carbocycles. The van der Waals surface area contributed by atoms with Crippen LogP contribution in [0.15, 0.2) is 30.4 Å². The molecule has 132 valence electrons. The minimum absolute atomic E-state index is 0.0771. The maximum atomic E-state index is 13.8. The average molecular weight is 353 g/mol. The summed E-state index contributed by atoms with van der Waals surface area (Å²) < 4.78 is 13.8. The Morgan fingerprint density at radius 3 is 2.46 bits per heavy atom. The van der Waals surface area contributed by atoms with Crippen LogP contribution in [0.1, 0.15) is 17.5 Å². The second kappa shape index (κ2) is 6.06. The third-order valence-electron chi connectivity index (χ3n) is 5.52. The van der Waals surface area contributed by atoms with Crippen LogP contribution in [0.25, 0.3) is 0 Å². The Hall–Kier alpha value is -3.01. The molecule has 1 N–H and O–H groups in total. The van der Waals surface area contributed by atoms with E-state index in [1.54, 1.807) is 0 Å². The van der Waals surface area contributed by atoms with E-state index in [4.69, 9.17) is 5.26 Å². The van der Waals surface area contributed by atoms with Gasteiger partial charge in [-0.1, -0.05) is 18.2 Å². The molecule has 0 radical (unpaired) electrons. The number of amides is 3. The van der Waals surface area contributed by atoms with Gasteiger partial charge in [0.2, 0.25) is 17.7 Å². The van der Waals surface area contributed by atoms with Crippen LogP contribution in [-0.4, -0.2) is 29.2 Å². The van der Waals surface area contributed by atoms with E-state index in [2.05, 4.69) is 5.32 Å². The van der Waals surface area contributed by atoms with Gasteiger partial charge in [0.05, 0.1) is 23.5 Å². The van der Waals surface area contributed by atoms with Crippen LogP contribution >= 0.6 is 0 Å². The molecule has 2 aliphatic carbocycles. The topological polar surface area (TPSA) is 90.3 Å². The van der Waals surface area contributed by atoms with Crippen LogP contribution in [0.3, 0.4) is 0 Å². The molecule has 1 saturated carbocycles. The molecule has 0 spiro atoms. The summed E-state index contributed by atoms with van der Waals surface area (Å²) in [6.07, 6.45) is 4.83. The number of fused-ring (bicyclic) bond motifs is 5. The number of rotatable bonds is 4. The summed E-state index contributed by atoms with van der Waals surface area (Å²) in [7, 11) is 0. The summed E-state index contributed by atoms with van der Waals surface area (Å²) in [6, 6.07) is 5.82. The molecule has 1 saturated heterocycles. The van der Waals surface area contributed by atoms with Gasteiger partial charge in [0, 0.05) is 12.1 Å². The SMILES string of the molecule is N#Cc1ccc(CNC(=O)CN2C(=O)[C@@H]3[C@@H](C2=O)[C@H]2C=C[C@H]3C2)c(F)c1. The number of imide groups is 1. The van der Waals surface area contributed by atoms with Crippen LogP contribution < -0.4 is 5.32 Å². The number of hydrogen-bond acceptors (Lipinski definition) is 4. The van der Waals surface area contributed by atoms with Gasteiger partial charge < -0.3 is 5.32 Å². The van der Waals surface area contributed by atoms with Gasteiger partial charge in [-0.25, -0.2) is 4.39 Å². The van der Waals surface area contributed by atoms with Crippen molar-refractivity contribution in [2.45, 2.75) is 13.0 Å². The first-order chi connectivity index (χ1) is 12.5. The Morgan fingerprint density at radius 2 is 1.88 bits per heavy atom. The Bertz CT molecular complexity index is 859. The highest BCUT2D eigenvalue weighted by atomic mass is 19.1. The van der Waals surface area contributed by atoms with Crippen molar-refractivity contribution in [2.24, 2.45) is 23.7 Å². The first-order valence-corrected chi connectivity index (χ1v) is 8.48. The van der Waals surface area contributed by atoms with E-state index in [9.17, 15) is 18.8 Å². The molecule has 1 aliphatic heterocycles. The van der Waals surface area contributed by atoms with Gasteiger partial charge in [-0.05, 0) is 30.4 Å². The normalized spacial score (nSPS) is 28.4. The van der Waals surface area contributed by atoms with Crippen LogP contribution in [-0.2, 0) is 20.9 Å². The van der Waals surface area contributed by atoms with Gasteiger partial charge >= 0.3 is 0 Å². The van der Waals surface area contributed by atoms with Crippen molar-refractivity contribution in [3.63, 3.8) is 0 Å². The summed E-state index contributed by atoms with van der Waals surface area (Å²) in [6.45, 7) is -0.422. The molecule has 1 aromatic rings. The lowest BCUT2D eigenvalue weighted by Crippen LogP contribution is -2.41. The minimum atomic E-state index is -0.588. The van der Waals surface area contributed by atoms with E-state index >= 15 is 0 Å². The van der Waals surface area contributed by atoms with Crippen molar-refractivity contribution >= 4 is 17.7 Å². The van der Waals surface area contributed by atoms with Crippen molar-refractivity contribution in [1.29, 1.82) is 5.26 Å². The van der Waals surface area contributed by atoms with Crippen LogP contribution in [0.4, 0.5) is 4.39 Å². The van der Waals surface area contributed by atoms with Crippen LogP contribution in [0.5, 0.6) is 0 Å². The first-order valence-electron chi connectivity index (χ1n) is 8.48. The number of nitrogens with zero attached hydrogens (tertiary/aromatic N) is 2. The monoisotopic (exact) mass is 353 g/mol. The highest BCUT2D eigenvalue weighted by Crippen LogP contribution is 2.52. The van der Waals surface area contributed by atoms with Crippen LogP contribution in [0, 0.1) is 40.8 Å². The highest BCUT2D eigenvalue weighted by molar-refractivity contribution is 6.08. The summed E-state index contributed by atoms with van der Waals surface area (Å²) in [5, 5.41) is 11.3. The quantitative estimate of drug-likeness (QED) is 0.649. The van der Waals surface area contributed by atoms with E-state index in [1.165, 1.54) is 12.1 Å². The maximum Gasteiger partial charge on any atom is 0.240 e. The van der Waals surface area contributed by atoms with E-state index in [-0.39, 0.29) is 59.7 Å². The Balaban J connectivity index is 1.38. The molecular weight excluding hydrogens is 337 g/mol. The Labute approximate surface area is 149 Å². The van der Waals surface area contributed by atoms with Crippen LogP contribution in [0.2, 0.25) is 0 Å². The molecule has 26 heavy (non-hydrogen) atoms. The largest absolute Gasteiger partial charge is 0.350 e. The van der Waals surface area contributed by atoms with Crippen molar-refractivity contribution in [2.75, 3.05) is 6.54 Å². The smallest absolute Gasteiger partial charge is 0.240 e. The predicted molar refractivity (Wildman–Crippen MR) is 87.4 cm³/mol. The number of nitrogens with one attached hydrogen (secondary N) is 1. The zero-order valence-electron chi connectivity index (χ0n) is 13.8. The van der Waals surface area contributed by atoms with Gasteiger partial charge in [0.25, 0.3) is 0 Å². The van der Waals surface area contributed by atoms with Gasteiger partial charge in [-0.15, -0.1) is 0 Å². The van der Waals surface area contributed by atoms with Crippen molar-refractivity contribution < 1.29 is 18.8 Å². The molecule has 3 amide bonds. The number of halogens is 1. The molecule has 6 nitrogen and oxygen atoms in total. The van der Waals surface area contributed by atoms with Gasteiger partial charge in [-0.2, -0.15) is 5.26 Å². The predicted octanol–water partition coefficient (Wildman–Crippen LogP) is 1.12. The molecule has 2 fully saturated rings. The molecule has 3 aliphatic rings. The van der Waals surface area contributed by atoms with Crippen molar-refractivity contribution in [1.82, 2.24) is 10.2 Å². The van der Waals surface area contributed by atoms with Gasteiger partial charge in [0.15, 0.2) is 0 Å². The third-order valence-corrected chi connectivity index (χ3v) is 5.52. The van der Waals surface area contributed by atoms with E-state index in [0.29, 0.717) is 0 Å². The molecule has 0 aromatic heterocycles. The van der Waals surface area contributed by atoms with Gasteiger partial charge in [0.1, 0.15) is 12.4 Å². The number of likely N-dealkylation sites (tertiary alicyclic amines) is 1. The molecule has 0 unspecified atom stereocenters.